The molecule has 3 aromatic rings. The van der Waals surface area contributed by atoms with E-state index in [1.807, 2.05) is 5.38 Å². The summed E-state index contributed by atoms with van der Waals surface area (Å²) in [5, 5.41) is 5.25. The lowest BCUT2D eigenvalue weighted by Crippen LogP contribution is -2.48. The number of anilines is 2. The third kappa shape index (κ3) is 5.84. The first-order valence-corrected chi connectivity index (χ1v) is 11.3. The molecule has 1 fully saturated rings. The van der Waals surface area contributed by atoms with E-state index < -0.39 is 17.6 Å². The number of piperazine rings is 1. The fraction of sp³-hybridized carbons (Fsp3) is 0.261. The van der Waals surface area contributed by atoms with Crippen molar-refractivity contribution in [3.05, 3.63) is 71.2 Å². The number of carbonyl (C=O) groups excluding carboxylic acids is 2. The summed E-state index contributed by atoms with van der Waals surface area (Å²) in [5.74, 6) is -0.325. The van der Waals surface area contributed by atoms with Crippen molar-refractivity contribution in [2.24, 2.45) is 0 Å². The Kier molecular flexibility index (Phi) is 7.01. The normalized spacial score (nSPS) is 14.1. The topological polar surface area (TPSA) is 74.8 Å². The summed E-state index contributed by atoms with van der Waals surface area (Å²) < 4.78 is 43.8. The Hall–Kier alpha value is -3.60. The molecule has 2 aromatic carbocycles. The summed E-state index contributed by atoms with van der Waals surface area (Å²) in [6.07, 6.45) is -2.73. The van der Waals surface area contributed by atoms with Crippen molar-refractivity contribution < 1.29 is 27.5 Å². The molecule has 34 heavy (non-hydrogen) atoms. The summed E-state index contributed by atoms with van der Waals surface area (Å²) in [6, 6.07) is 10.8. The van der Waals surface area contributed by atoms with Crippen molar-refractivity contribution in [3.63, 3.8) is 0 Å². The highest BCUT2D eigenvalue weighted by atomic mass is 32.1. The fourth-order valence-electron chi connectivity index (χ4n) is 3.47. The molecule has 1 saturated heterocycles. The molecule has 0 aliphatic carbocycles. The lowest BCUT2D eigenvalue weighted by atomic mass is 10.1. The molecular formula is C23H21F3N4O3S. The van der Waals surface area contributed by atoms with E-state index in [0.717, 1.165) is 17.3 Å². The van der Waals surface area contributed by atoms with Gasteiger partial charge in [-0.25, -0.2) is 4.98 Å². The van der Waals surface area contributed by atoms with Gasteiger partial charge in [-0.05, 0) is 42.5 Å². The van der Waals surface area contributed by atoms with Crippen LogP contribution in [0.2, 0.25) is 0 Å². The van der Waals surface area contributed by atoms with Gasteiger partial charge in [0.05, 0.1) is 5.56 Å². The molecule has 178 valence electrons. The number of nitrogens with one attached hydrogen (secondary N) is 1. The van der Waals surface area contributed by atoms with Gasteiger partial charge in [0.25, 0.3) is 11.8 Å². The molecule has 0 spiro atoms. The maximum absolute atomic E-state index is 12.8. The van der Waals surface area contributed by atoms with Gasteiger partial charge in [-0.2, -0.15) is 13.2 Å². The number of amides is 2. The molecule has 0 saturated carbocycles. The Labute approximate surface area is 197 Å². The van der Waals surface area contributed by atoms with E-state index >= 15 is 0 Å². The summed E-state index contributed by atoms with van der Waals surface area (Å²) in [7, 11) is 0. The van der Waals surface area contributed by atoms with E-state index in [1.165, 1.54) is 12.1 Å². The molecule has 1 aliphatic heterocycles. The minimum absolute atomic E-state index is 0.0272. The van der Waals surface area contributed by atoms with E-state index in [-0.39, 0.29) is 18.2 Å². The second-order valence-corrected chi connectivity index (χ2v) is 8.41. The van der Waals surface area contributed by atoms with E-state index in [0.29, 0.717) is 37.5 Å². The van der Waals surface area contributed by atoms with Crippen LogP contribution in [0, 0.1) is 0 Å². The third-order valence-electron chi connectivity index (χ3n) is 5.20. The molecule has 1 aliphatic rings. The molecule has 0 atom stereocenters. The fourth-order valence-corrected chi connectivity index (χ4v) is 4.17. The number of benzene rings is 2. The number of hydrogen-bond donors (Lipinski definition) is 1. The zero-order chi connectivity index (χ0) is 24.1. The van der Waals surface area contributed by atoms with Gasteiger partial charge in [0.1, 0.15) is 5.75 Å². The first-order valence-electron chi connectivity index (χ1n) is 10.4. The zero-order valence-corrected chi connectivity index (χ0v) is 18.7. The van der Waals surface area contributed by atoms with Crippen LogP contribution in [0.3, 0.4) is 0 Å². The smallest absolute Gasteiger partial charge is 0.416 e. The Morgan fingerprint density at radius 1 is 1.06 bits per heavy atom. The molecule has 0 unspecified atom stereocenters. The van der Waals surface area contributed by atoms with Gasteiger partial charge < -0.3 is 19.9 Å². The molecule has 0 bridgehead atoms. The Morgan fingerprint density at radius 3 is 2.44 bits per heavy atom. The second kappa shape index (κ2) is 10.1. The average molecular weight is 491 g/mol. The van der Waals surface area contributed by atoms with Crippen LogP contribution in [-0.2, 0) is 11.0 Å². The van der Waals surface area contributed by atoms with E-state index in [1.54, 1.807) is 46.7 Å². The Balaban J connectivity index is 1.26. The van der Waals surface area contributed by atoms with Crippen molar-refractivity contribution in [2.75, 3.05) is 43.0 Å². The maximum atomic E-state index is 12.8. The largest absolute Gasteiger partial charge is 0.484 e. The predicted octanol–water partition coefficient (Wildman–Crippen LogP) is 4.14. The minimum Gasteiger partial charge on any atom is -0.484 e. The summed E-state index contributed by atoms with van der Waals surface area (Å²) in [5.41, 5.74) is -0.320. The van der Waals surface area contributed by atoms with Gasteiger partial charge in [0.2, 0.25) is 0 Å². The standard InChI is InChI=1S/C23H21F3N4O3S/c24-23(25,26)17-2-1-3-18(14-17)28-20(31)15-33-19-6-4-16(5-7-19)21(32)29-9-11-30(12-10-29)22-27-8-13-34-22/h1-8,13-14H,9-12,15H2,(H,28,31). The number of rotatable bonds is 6. The van der Waals surface area contributed by atoms with Crippen LogP contribution in [0.25, 0.3) is 0 Å². The van der Waals surface area contributed by atoms with Crippen LogP contribution in [0.4, 0.5) is 24.0 Å². The van der Waals surface area contributed by atoms with Gasteiger partial charge in [-0.3, -0.25) is 9.59 Å². The first-order chi connectivity index (χ1) is 16.3. The van der Waals surface area contributed by atoms with Crippen molar-refractivity contribution in [3.8, 4) is 5.75 Å². The Morgan fingerprint density at radius 2 is 1.79 bits per heavy atom. The summed E-state index contributed by atoms with van der Waals surface area (Å²) in [4.78, 5) is 33.1. The quantitative estimate of drug-likeness (QED) is 0.562. The highest BCUT2D eigenvalue weighted by molar-refractivity contribution is 7.13. The van der Waals surface area contributed by atoms with Gasteiger partial charge in [-0.15, -0.1) is 11.3 Å². The van der Waals surface area contributed by atoms with Crippen LogP contribution < -0.4 is 15.0 Å². The molecule has 2 amide bonds. The molecule has 1 aromatic heterocycles. The van der Waals surface area contributed by atoms with E-state index in [4.69, 9.17) is 4.74 Å². The van der Waals surface area contributed by atoms with E-state index in [9.17, 15) is 22.8 Å². The molecule has 1 N–H and O–H groups in total. The van der Waals surface area contributed by atoms with Gasteiger partial charge in [-0.1, -0.05) is 6.07 Å². The SMILES string of the molecule is O=C(COc1ccc(C(=O)N2CCN(c3nccs3)CC2)cc1)Nc1cccc(C(F)(F)F)c1. The van der Waals surface area contributed by atoms with Gasteiger partial charge in [0, 0.05) is 49.0 Å². The number of thiazole rings is 1. The van der Waals surface area contributed by atoms with Crippen LogP contribution in [0.15, 0.2) is 60.1 Å². The van der Waals surface area contributed by atoms with E-state index in [2.05, 4.69) is 15.2 Å². The van der Waals surface area contributed by atoms with Gasteiger partial charge in [0.15, 0.2) is 11.7 Å². The highest BCUT2D eigenvalue weighted by Crippen LogP contribution is 2.30. The maximum Gasteiger partial charge on any atom is 0.416 e. The molecule has 11 heteroatoms. The predicted molar refractivity (Wildman–Crippen MR) is 122 cm³/mol. The second-order valence-electron chi connectivity index (χ2n) is 7.53. The van der Waals surface area contributed by atoms with Crippen LogP contribution >= 0.6 is 11.3 Å². The van der Waals surface area contributed by atoms with Crippen LogP contribution in [-0.4, -0.2) is 54.5 Å². The highest BCUT2D eigenvalue weighted by Gasteiger charge is 2.30. The monoisotopic (exact) mass is 490 g/mol. The number of halogens is 3. The minimum atomic E-state index is -4.49. The summed E-state index contributed by atoms with van der Waals surface area (Å²) in [6.45, 7) is 2.21. The third-order valence-corrected chi connectivity index (χ3v) is 6.03. The molecule has 0 radical (unpaired) electrons. The molecule has 4 rings (SSSR count). The number of hydrogen-bond acceptors (Lipinski definition) is 6. The summed E-state index contributed by atoms with van der Waals surface area (Å²) >= 11 is 1.57. The molecule has 2 heterocycles. The average Bonchev–Trinajstić information content (AvgIpc) is 3.37. The number of ether oxygens (including phenoxy) is 1. The molecular weight excluding hydrogens is 469 g/mol. The van der Waals surface area contributed by atoms with Crippen LogP contribution in [0.5, 0.6) is 5.75 Å². The number of nitrogens with zero attached hydrogens (tertiary/aromatic N) is 3. The Bertz CT molecular complexity index is 1130. The number of carbonyl (C=O) groups is 2. The van der Waals surface area contributed by atoms with Gasteiger partial charge >= 0.3 is 6.18 Å². The lowest BCUT2D eigenvalue weighted by Gasteiger charge is -2.34. The number of alkyl halides is 3. The zero-order valence-electron chi connectivity index (χ0n) is 17.9. The van der Waals surface area contributed by atoms with Crippen molar-refractivity contribution >= 4 is 34.0 Å². The lowest BCUT2D eigenvalue weighted by molar-refractivity contribution is -0.137. The first kappa shape index (κ1) is 23.6. The van der Waals surface area contributed by atoms with Crippen LogP contribution in [0.1, 0.15) is 15.9 Å². The van der Waals surface area contributed by atoms with Crippen molar-refractivity contribution in [1.82, 2.24) is 9.88 Å². The number of aromatic nitrogens is 1. The van der Waals surface area contributed by atoms with Crippen molar-refractivity contribution in [2.45, 2.75) is 6.18 Å². The van der Waals surface area contributed by atoms with Crippen molar-refractivity contribution in [1.29, 1.82) is 0 Å². The molecule has 7 nitrogen and oxygen atoms in total.